The third-order valence-electron chi connectivity index (χ3n) is 2.81. The number of carbonyl (C=O) groups excluding carboxylic acids is 2. The van der Waals surface area contributed by atoms with E-state index in [1.54, 1.807) is 24.3 Å². The predicted octanol–water partition coefficient (Wildman–Crippen LogP) is 2.86. The van der Waals surface area contributed by atoms with Crippen molar-refractivity contribution in [3.63, 3.8) is 0 Å². The highest BCUT2D eigenvalue weighted by atomic mass is 19.1. The first-order valence-corrected chi connectivity index (χ1v) is 5.95. The third kappa shape index (κ3) is 3.00. The zero-order valence-corrected chi connectivity index (χ0v) is 10.8. The van der Waals surface area contributed by atoms with E-state index in [9.17, 15) is 14.0 Å². The average Bonchev–Trinajstić information content (AvgIpc) is 2.42. The van der Waals surface area contributed by atoms with Crippen LogP contribution in [0.15, 0.2) is 42.5 Å². The number of halogens is 1. The van der Waals surface area contributed by atoms with E-state index in [0.717, 1.165) is 6.07 Å². The van der Waals surface area contributed by atoms with E-state index >= 15 is 0 Å². The van der Waals surface area contributed by atoms with E-state index in [-0.39, 0.29) is 17.0 Å². The fourth-order valence-corrected chi connectivity index (χ4v) is 1.66. The number of Topliss-reactive ketones (excluding diaryl/α,β-unsaturated/α-hetero) is 1. The standard InChI is InChI=1S/C15H13FN2O2/c1-9(19)10-2-5-12(6-3-10)18-15(20)11-4-7-14(17)13(16)8-11/h2-8H,17H2,1H3,(H,18,20). The van der Waals surface area contributed by atoms with Crippen molar-refractivity contribution in [2.75, 3.05) is 11.1 Å². The molecule has 0 aliphatic rings. The minimum Gasteiger partial charge on any atom is -0.396 e. The topological polar surface area (TPSA) is 72.2 Å². The Kier molecular flexibility index (Phi) is 3.79. The molecule has 4 nitrogen and oxygen atoms in total. The van der Waals surface area contributed by atoms with Crippen LogP contribution in [0.3, 0.4) is 0 Å². The van der Waals surface area contributed by atoms with Crippen LogP contribution in [0.1, 0.15) is 27.6 Å². The molecule has 0 radical (unpaired) electrons. The van der Waals surface area contributed by atoms with Gasteiger partial charge < -0.3 is 11.1 Å². The summed E-state index contributed by atoms with van der Waals surface area (Å²) in [6, 6.07) is 10.3. The maximum absolute atomic E-state index is 13.3. The molecule has 2 rings (SSSR count). The van der Waals surface area contributed by atoms with Crippen LogP contribution in [0.25, 0.3) is 0 Å². The van der Waals surface area contributed by atoms with Crippen molar-refractivity contribution in [1.29, 1.82) is 0 Å². The zero-order chi connectivity index (χ0) is 14.7. The van der Waals surface area contributed by atoms with Crippen LogP contribution in [0.2, 0.25) is 0 Å². The van der Waals surface area contributed by atoms with Gasteiger partial charge in [0.05, 0.1) is 5.69 Å². The highest BCUT2D eigenvalue weighted by molar-refractivity contribution is 6.04. The van der Waals surface area contributed by atoms with Crippen LogP contribution < -0.4 is 11.1 Å². The van der Waals surface area contributed by atoms with Gasteiger partial charge in [-0.05, 0) is 49.4 Å². The molecule has 0 atom stereocenters. The quantitative estimate of drug-likeness (QED) is 0.666. The van der Waals surface area contributed by atoms with Gasteiger partial charge >= 0.3 is 0 Å². The number of ketones is 1. The summed E-state index contributed by atoms with van der Waals surface area (Å²) < 4.78 is 13.3. The molecule has 1 amide bonds. The van der Waals surface area contributed by atoms with Crippen molar-refractivity contribution in [2.45, 2.75) is 6.92 Å². The van der Waals surface area contributed by atoms with Crippen molar-refractivity contribution in [3.8, 4) is 0 Å². The van der Waals surface area contributed by atoms with Crippen LogP contribution in [0.4, 0.5) is 15.8 Å². The number of hydrogen-bond donors (Lipinski definition) is 2. The van der Waals surface area contributed by atoms with Crippen LogP contribution in [0.5, 0.6) is 0 Å². The summed E-state index contributed by atoms with van der Waals surface area (Å²) in [4.78, 5) is 23.0. The Balaban J connectivity index is 2.14. The summed E-state index contributed by atoms with van der Waals surface area (Å²) >= 11 is 0. The van der Waals surface area contributed by atoms with E-state index in [0.29, 0.717) is 11.3 Å². The molecule has 0 heterocycles. The lowest BCUT2D eigenvalue weighted by molar-refractivity contribution is 0.101. The third-order valence-corrected chi connectivity index (χ3v) is 2.81. The van der Waals surface area contributed by atoms with Gasteiger partial charge in [-0.25, -0.2) is 4.39 Å². The van der Waals surface area contributed by atoms with E-state index in [4.69, 9.17) is 5.73 Å². The molecule has 20 heavy (non-hydrogen) atoms. The zero-order valence-electron chi connectivity index (χ0n) is 10.8. The second-order valence-electron chi connectivity index (χ2n) is 4.32. The molecule has 5 heteroatoms. The minimum absolute atomic E-state index is 0.00707. The molecular weight excluding hydrogens is 259 g/mol. The van der Waals surface area contributed by atoms with Crippen molar-refractivity contribution < 1.29 is 14.0 Å². The second-order valence-corrected chi connectivity index (χ2v) is 4.32. The first-order valence-electron chi connectivity index (χ1n) is 5.95. The number of hydrogen-bond acceptors (Lipinski definition) is 3. The number of nitrogen functional groups attached to an aromatic ring is 1. The number of anilines is 2. The molecule has 102 valence electrons. The first-order chi connectivity index (χ1) is 9.47. The first kappa shape index (κ1) is 13.7. The molecule has 0 spiro atoms. The summed E-state index contributed by atoms with van der Waals surface area (Å²) in [5, 5.41) is 2.61. The molecule has 0 aromatic heterocycles. The van der Waals surface area contributed by atoms with Crippen LogP contribution in [0, 0.1) is 5.82 Å². The van der Waals surface area contributed by atoms with Crippen molar-refractivity contribution in [1.82, 2.24) is 0 Å². The molecule has 0 saturated carbocycles. The largest absolute Gasteiger partial charge is 0.396 e. The Morgan fingerprint density at radius 1 is 1.05 bits per heavy atom. The molecule has 0 bridgehead atoms. The lowest BCUT2D eigenvalue weighted by Gasteiger charge is -2.06. The fourth-order valence-electron chi connectivity index (χ4n) is 1.66. The van der Waals surface area contributed by atoms with E-state index in [1.807, 2.05) is 0 Å². The normalized spacial score (nSPS) is 10.1. The van der Waals surface area contributed by atoms with Gasteiger partial charge in [-0.3, -0.25) is 9.59 Å². The smallest absolute Gasteiger partial charge is 0.255 e. The summed E-state index contributed by atoms with van der Waals surface area (Å²) in [6.45, 7) is 1.46. The number of carbonyl (C=O) groups is 2. The maximum Gasteiger partial charge on any atom is 0.255 e. The lowest BCUT2D eigenvalue weighted by atomic mass is 10.1. The molecule has 0 aliphatic carbocycles. The van der Waals surface area contributed by atoms with Gasteiger partial charge in [0.25, 0.3) is 5.91 Å². The highest BCUT2D eigenvalue weighted by Crippen LogP contribution is 2.15. The second kappa shape index (κ2) is 5.52. The number of rotatable bonds is 3. The predicted molar refractivity (Wildman–Crippen MR) is 75.2 cm³/mol. The molecule has 2 aromatic rings. The molecule has 3 N–H and O–H groups in total. The van der Waals surface area contributed by atoms with Crippen LogP contribution >= 0.6 is 0 Å². The monoisotopic (exact) mass is 272 g/mol. The van der Waals surface area contributed by atoms with E-state index in [1.165, 1.54) is 19.1 Å². The molecule has 0 fully saturated rings. The number of amides is 1. The maximum atomic E-state index is 13.3. The van der Waals surface area contributed by atoms with E-state index < -0.39 is 11.7 Å². The number of nitrogens with two attached hydrogens (primary N) is 1. The van der Waals surface area contributed by atoms with Crippen molar-refractivity contribution in [2.24, 2.45) is 0 Å². The van der Waals surface area contributed by atoms with Gasteiger partial charge in [0, 0.05) is 16.8 Å². The van der Waals surface area contributed by atoms with Crippen molar-refractivity contribution >= 4 is 23.1 Å². The van der Waals surface area contributed by atoms with Gasteiger partial charge in [0.1, 0.15) is 5.82 Å². The van der Waals surface area contributed by atoms with E-state index in [2.05, 4.69) is 5.32 Å². The Morgan fingerprint density at radius 3 is 2.20 bits per heavy atom. The molecule has 0 unspecified atom stereocenters. The van der Waals surface area contributed by atoms with Crippen LogP contribution in [-0.4, -0.2) is 11.7 Å². The highest BCUT2D eigenvalue weighted by Gasteiger charge is 2.09. The molecule has 0 aliphatic heterocycles. The summed E-state index contributed by atoms with van der Waals surface area (Å²) in [5.41, 5.74) is 6.60. The Hall–Kier alpha value is -2.69. The van der Waals surface area contributed by atoms with Gasteiger partial charge in [-0.1, -0.05) is 0 Å². The van der Waals surface area contributed by atoms with Gasteiger partial charge in [-0.2, -0.15) is 0 Å². The summed E-state index contributed by atoms with van der Waals surface area (Å²) in [7, 11) is 0. The van der Waals surface area contributed by atoms with Gasteiger partial charge in [0.15, 0.2) is 5.78 Å². The molecule has 0 saturated heterocycles. The van der Waals surface area contributed by atoms with Crippen molar-refractivity contribution in [3.05, 3.63) is 59.4 Å². The SMILES string of the molecule is CC(=O)c1ccc(NC(=O)c2ccc(N)c(F)c2)cc1. The fraction of sp³-hybridized carbons (Fsp3) is 0.0667. The molecular formula is C15H13FN2O2. The Morgan fingerprint density at radius 2 is 1.65 bits per heavy atom. The number of benzene rings is 2. The summed E-state index contributed by atoms with van der Waals surface area (Å²) in [6.07, 6.45) is 0. The Labute approximate surface area is 115 Å². The summed E-state index contributed by atoms with van der Waals surface area (Å²) in [5.74, 6) is -1.13. The van der Waals surface area contributed by atoms with Crippen LogP contribution in [-0.2, 0) is 0 Å². The molecule has 2 aromatic carbocycles. The lowest BCUT2D eigenvalue weighted by Crippen LogP contribution is -2.12. The number of nitrogens with one attached hydrogen (secondary N) is 1. The van der Waals surface area contributed by atoms with Gasteiger partial charge in [-0.15, -0.1) is 0 Å². The minimum atomic E-state index is -0.635. The average molecular weight is 272 g/mol. The Bertz CT molecular complexity index is 666. The van der Waals surface area contributed by atoms with Gasteiger partial charge in [0.2, 0.25) is 0 Å².